The van der Waals surface area contributed by atoms with Gasteiger partial charge in [0.25, 0.3) is 0 Å². The predicted octanol–water partition coefficient (Wildman–Crippen LogP) is 2.17. The summed E-state index contributed by atoms with van der Waals surface area (Å²) in [7, 11) is 0. The molecule has 0 bridgehead atoms. The van der Waals surface area contributed by atoms with E-state index in [1.54, 1.807) is 0 Å². The van der Waals surface area contributed by atoms with E-state index in [1.165, 1.54) is 5.57 Å². The minimum Gasteiger partial charge on any atom is -0.328 e. The Kier molecular flexibility index (Phi) is 3.12. The van der Waals surface area contributed by atoms with Gasteiger partial charge in [-0.15, -0.1) is 0 Å². The maximum absolute atomic E-state index is 5.62. The second-order valence-corrected chi connectivity index (χ2v) is 2.98. The third-order valence-corrected chi connectivity index (χ3v) is 1.66. The van der Waals surface area contributed by atoms with Crippen molar-refractivity contribution in [1.29, 1.82) is 0 Å². The van der Waals surface area contributed by atoms with Crippen molar-refractivity contribution >= 4 is 0 Å². The summed E-state index contributed by atoms with van der Waals surface area (Å²) in [5.74, 6) is 0. The molecule has 1 heteroatoms. The highest BCUT2D eigenvalue weighted by atomic mass is 14.6. The molecule has 2 N–H and O–H groups in total. The lowest BCUT2D eigenvalue weighted by molar-refractivity contribution is 0.754. The fourth-order valence-corrected chi connectivity index (χ4v) is 1.02. The topological polar surface area (TPSA) is 26.0 Å². The van der Waals surface area contributed by atoms with Crippen LogP contribution < -0.4 is 5.73 Å². The van der Waals surface area contributed by atoms with Gasteiger partial charge in [0, 0.05) is 6.04 Å². The lowest BCUT2D eigenvalue weighted by Gasteiger charge is -2.03. The van der Waals surface area contributed by atoms with Crippen LogP contribution in [0.5, 0.6) is 0 Å². The van der Waals surface area contributed by atoms with E-state index in [-0.39, 0.29) is 6.04 Å². The smallest absolute Gasteiger partial charge is 0.00452 e. The summed E-state index contributed by atoms with van der Waals surface area (Å²) < 4.78 is 0. The predicted molar refractivity (Wildman–Crippen MR) is 49.2 cm³/mol. The average Bonchev–Trinajstić information content (AvgIpc) is 2.03. The molecule has 1 atom stereocenters. The molecule has 0 aromatic carbocycles. The zero-order valence-corrected chi connectivity index (χ0v) is 6.96. The highest BCUT2D eigenvalue weighted by Crippen LogP contribution is 2.10. The molecule has 1 aliphatic carbocycles. The van der Waals surface area contributed by atoms with Gasteiger partial charge in [-0.1, -0.05) is 30.4 Å². The molecule has 0 aromatic heterocycles. The first kappa shape index (κ1) is 8.28. The fraction of sp³-hybridized carbons (Fsp3) is 0.400. The van der Waals surface area contributed by atoms with Gasteiger partial charge < -0.3 is 5.73 Å². The number of allylic oxidation sites excluding steroid dienone is 5. The largest absolute Gasteiger partial charge is 0.328 e. The van der Waals surface area contributed by atoms with Crippen molar-refractivity contribution in [2.45, 2.75) is 25.8 Å². The maximum Gasteiger partial charge on any atom is 0.00452 e. The molecule has 1 aliphatic rings. The summed E-state index contributed by atoms with van der Waals surface area (Å²) in [5.41, 5.74) is 7.00. The van der Waals surface area contributed by atoms with Gasteiger partial charge in [-0.3, -0.25) is 0 Å². The van der Waals surface area contributed by atoms with Gasteiger partial charge >= 0.3 is 0 Å². The van der Waals surface area contributed by atoms with E-state index < -0.39 is 0 Å². The highest BCUT2D eigenvalue weighted by molar-refractivity contribution is 5.29. The van der Waals surface area contributed by atoms with Crippen LogP contribution in [0, 0.1) is 0 Å². The molecule has 0 radical (unpaired) electrons. The Morgan fingerprint density at radius 2 is 2.45 bits per heavy atom. The van der Waals surface area contributed by atoms with E-state index in [9.17, 15) is 0 Å². The molecule has 0 aromatic rings. The monoisotopic (exact) mass is 149 g/mol. The zero-order valence-electron chi connectivity index (χ0n) is 6.96. The molecule has 11 heavy (non-hydrogen) atoms. The molecule has 0 heterocycles. The quantitative estimate of drug-likeness (QED) is 0.639. The Morgan fingerprint density at radius 3 is 3.00 bits per heavy atom. The van der Waals surface area contributed by atoms with Gasteiger partial charge in [0.05, 0.1) is 0 Å². The van der Waals surface area contributed by atoms with Gasteiger partial charge in [-0.25, -0.2) is 0 Å². The van der Waals surface area contributed by atoms with E-state index in [1.807, 2.05) is 6.92 Å². The van der Waals surface area contributed by atoms with Gasteiger partial charge in [0.2, 0.25) is 0 Å². The molecule has 0 saturated heterocycles. The molecular formula is C10H15N. The van der Waals surface area contributed by atoms with E-state index in [4.69, 9.17) is 5.73 Å². The Balaban J connectivity index is 2.41. The third kappa shape index (κ3) is 3.19. The highest BCUT2D eigenvalue weighted by Gasteiger charge is 1.94. The molecule has 0 spiro atoms. The summed E-state index contributed by atoms with van der Waals surface area (Å²) in [6, 6.07) is 0.279. The van der Waals surface area contributed by atoms with Gasteiger partial charge in [0.1, 0.15) is 0 Å². The summed E-state index contributed by atoms with van der Waals surface area (Å²) in [6.07, 6.45) is 12.7. The second-order valence-electron chi connectivity index (χ2n) is 2.98. The second kappa shape index (κ2) is 4.14. The van der Waals surface area contributed by atoms with E-state index >= 15 is 0 Å². The summed E-state index contributed by atoms with van der Waals surface area (Å²) >= 11 is 0. The van der Waals surface area contributed by atoms with Crippen molar-refractivity contribution in [3.63, 3.8) is 0 Å². The van der Waals surface area contributed by atoms with Gasteiger partial charge in [-0.05, 0) is 25.3 Å². The molecule has 0 fully saturated rings. The van der Waals surface area contributed by atoms with Crippen molar-refractivity contribution in [2.24, 2.45) is 5.73 Å². The summed E-state index contributed by atoms with van der Waals surface area (Å²) in [5, 5.41) is 0. The molecule has 0 saturated carbocycles. The van der Waals surface area contributed by atoms with Crippen LogP contribution in [0.25, 0.3) is 0 Å². The van der Waals surface area contributed by atoms with Crippen LogP contribution in [0.3, 0.4) is 0 Å². The summed E-state index contributed by atoms with van der Waals surface area (Å²) in [4.78, 5) is 0. The van der Waals surface area contributed by atoms with Crippen LogP contribution in [-0.4, -0.2) is 6.04 Å². The van der Waals surface area contributed by atoms with Gasteiger partial charge in [0.15, 0.2) is 0 Å². The lowest BCUT2D eigenvalue weighted by atomic mass is 10.1. The van der Waals surface area contributed by atoms with Crippen LogP contribution >= 0.6 is 0 Å². The van der Waals surface area contributed by atoms with Crippen LogP contribution in [-0.2, 0) is 0 Å². The minimum absolute atomic E-state index is 0.279. The zero-order chi connectivity index (χ0) is 8.10. The first-order valence-corrected chi connectivity index (χ1v) is 4.07. The van der Waals surface area contributed by atoms with Crippen LogP contribution in [0.4, 0.5) is 0 Å². The van der Waals surface area contributed by atoms with Crippen molar-refractivity contribution < 1.29 is 0 Å². The van der Waals surface area contributed by atoms with E-state index in [0.717, 1.165) is 12.8 Å². The first-order chi connectivity index (χ1) is 5.29. The Hall–Kier alpha value is -0.820. The normalized spacial score (nSPS) is 22.5. The number of nitrogens with two attached hydrogens (primary N) is 1. The van der Waals surface area contributed by atoms with Crippen LogP contribution in [0.15, 0.2) is 36.0 Å². The van der Waals surface area contributed by atoms with Crippen molar-refractivity contribution in [3.05, 3.63) is 36.0 Å². The van der Waals surface area contributed by atoms with Gasteiger partial charge in [-0.2, -0.15) is 0 Å². The fourth-order valence-electron chi connectivity index (χ4n) is 1.02. The van der Waals surface area contributed by atoms with Crippen LogP contribution in [0.1, 0.15) is 19.8 Å². The standard InChI is InChI=1S/C10H15N/c1-9(11)7-8-10-5-3-2-4-6-10/h2-5,8-9H,6-7,11H2,1H3/b10-8+/t9-/m0/s1. The van der Waals surface area contributed by atoms with E-state index in [2.05, 4.69) is 30.4 Å². The first-order valence-electron chi connectivity index (χ1n) is 4.07. The molecule has 0 aliphatic heterocycles. The molecule has 60 valence electrons. The molecular weight excluding hydrogens is 134 g/mol. The average molecular weight is 149 g/mol. The maximum atomic E-state index is 5.62. The van der Waals surface area contributed by atoms with Crippen molar-refractivity contribution in [2.75, 3.05) is 0 Å². The molecule has 0 amide bonds. The van der Waals surface area contributed by atoms with E-state index in [0.29, 0.717) is 0 Å². The third-order valence-electron chi connectivity index (χ3n) is 1.66. The number of rotatable bonds is 2. The Labute approximate surface area is 68.3 Å². The van der Waals surface area contributed by atoms with Crippen molar-refractivity contribution in [1.82, 2.24) is 0 Å². The molecule has 1 rings (SSSR count). The summed E-state index contributed by atoms with van der Waals surface area (Å²) in [6.45, 7) is 2.03. The number of hydrogen-bond acceptors (Lipinski definition) is 1. The SMILES string of the molecule is C[C@H](N)C/C=C1\C=CC=CC1. The van der Waals surface area contributed by atoms with Crippen molar-refractivity contribution in [3.8, 4) is 0 Å². The Bertz CT molecular complexity index is 197. The number of hydrogen-bond donors (Lipinski definition) is 1. The lowest BCUT2D eigenvalue weighted by Crippen LogP contribution is -2.13. The molecule has 0 unspecified atom stereocenters. The van der Waals surface area contributed by atoms with Crippen LogP contribution in [0.2, 0.25) is 0 Å². The Morgan fingerprint density at radius 1 is 1.64 bits per heavy atom. The molecule has 1 nitrogen and oxygen atoms in total. The minimum atomic E-state index is 0.279.